The molecule has 0 fully saturated rings. The van der Waals surface area contributed by atoms with Crippen LogP contribution in [0.25, 0.3) is 11.0 Å². The molecule has 1 aliphatic rings. The lowest BCUT2D eigenvalue weighted by Gasteiger charge is -2.17. The molecule has 0 radical (unpaired) electrons. The summed E-state index contributed by atoms with van der Waals surface area (Å²) in [6.07, 6.45) is 6.78. The number of pyridine rings is 1. The first-order valence-corrected chi connectivity index (χ1v) is 8.14. The van der Waals surface area contributed by atoms with E-state index in [9.17, 15) is 19.5 Å². The molecule has 0 bridgehead atoms. The normalized spacial score (nSPS) is 16.6. The largest absolute Gasteiger partial charge is 0.506 e. The molecule has 1 amide bonds. The Morgan fingerprint density at radius 2 is 2.12 bits per heavy atom. The second-order valence-electron chi connectivity index (χ2n) is 6.15. The molecule has 26 heavy (non-hydrogen) atoms. The molecular formula is C17H18N4O5. The molecule has 3 rings (SSSR count). The summed E-state index contributed by atoms with van der Waals surface area (Å²) >= 11 is 0. The summed E-state index contributed by atoms with van der Waals surface area (Å²) in [5.74, 6) is -2.58. The van der Waals surface area contributed by atoms with Gasteiger partial charge in [-0.2, -0.15) is 5.10 Å². The number of aromatic nitrogens is 3. The number of fused-ring (bicyclic) bond motifs is 1. The van der Waals surface area contributed by atoms with Gasteiger partial charge in [-0.3, -0.25) is 19.0 Å². The van der Waals surface area contributed by atoms with E-state index in [-0.39, 0.29) is 17.0 Å². The summed E-state index contributed by atoms with van der Waals surface area (Å²) < 4.78 is 1.11. The predicted octanol–water partition coefficient (Wildman–Crippen LogP) is 0.672. The minimum Gasteiger partial charge on any atom is -0.506 e. The van der Waals surface area contributed by atoms with Crippen LogP contribution < -0.4 is 10.9 Å². The van der Waals surface area contributed by atoms with Crippen molar-refractivity contribution in [2.45, 2.75) is 25.2 Å². The van der Waals surface area contributed by atoms with E-state index in [1.807, 2.05) is 0 Å². The van der Waals surface area contributed by atoms with Crippen molar-refractivity contribution < 1.29 is 19.8 Å². The van der Waals surface area contributed by atoms with Crippen molar-refractivity contribution in [3.05, 3.63) is 39.8 Å². The highest BCUT2D eigenvalue weighted by molar-refractivity contribution is 6.02. The number of carbonyl (C=O) groups excluding carboxylic acids is 1. The van der Waals surface area contributed by atoms with Crippen molar-refractivity contribution in [2.75, 3.05) is 6.54 Å². The van der Waals surface area contributed by atoms with Gasteiger partial charge in [0.1, 0.15) is 17.9 Å². The van der Waals surface area contributed by atoms with Crippen molar-refractivity contribution in [1.82, 2.24) is 20.1 Å². The Hall–Kier alpha value is -3.23. The Morgan fingerprint density at radius 3 is 2.77 bits per heavy atom. The number of hydrogen-bond donors (Lipinski definition) is 3. The van der Waals surface area contributed by atoms with E-state index >= 15 is 0 Å². The summed E-state index contributed by atoms with van der Waals surface area (Å²) in [4.78, 5) is 35.2. The number of aryl methyl sites for hydroxylation is 1. The number of aliphatic carboxylic acids is 1. The number of hydrogen-bond acceptors (Lipinski definition) is 6. The van der Waals surface area contributed by atoms with E-state index in [4.69, 9.17) is 5.11 Å². The lowest BCUT2D eigenvalue weighted by molar-refractivity contribution is -0.135. The van der Waals surface area contributed by atoms with Gasteiger partial charge in [0.2, 0.25) is 0 Å². The van der Waals surface area contributed by atoms with E-state index in [1.54, 1.807) is 6.07 Å². The molecule has 0 saturated heterocycles. The van der Waals surface area contributed by atoms with Gasteiger partial charge in [0.25, 0.3) is 11.5 Å². The molecule has 9 heteroatoms. The molecule has 0 aromatic carbocycles. The third kappa shape index (κ3) is 3.15. The summed E-state index contributed by atoms with van der Waals surface area (Å²) in [6.45, 7) is -0.659. The zero-order chi connectivity index (χ0) is 18.8. The van der Waals surface area contributed by atoms with Crippen molar-refractivity contribution in [2.24, 2.45) is 7.05 Å². The Labute approximate surface area is 148 Å². The number of carbonyl (C=O) groups is 2. The molecule has 1 unspecified atom stereocenters. The van der Waals surface area contributed by atoms with Crippen molar-refractivity contribution in [1.29, 1.82) is 0 Å². The van der Waals surface area contributed by atoms with Gasteiger partial charge >= 0.3 is 5.97 Å². The van der Waals surface area contributed by atoms with E-state index in [0.717, 1.165) is 23.8 Å². The second-order valence-corrected chi connectivity index (χ2v) is 6.15. The Kier molecular flexibility index (Phi) is 4.70. The first-order valence-electron chi connectivity index (χ1n) is 8.14. The Balaban J connectivity index is 2.11. The van der Waals surface area contributed by atoms with E-state index in [0.29, 0.717) is 5.69 Å². The number of aromatic hydroxyl groups is 1. The third-order valence-corrected chi connectivity index (χ3v) is 4.44. The van der Waals surface area contributed by atoms with Gasteiger partial charge in [-0.1, -0.05) is 12.2 Å². The molecule has 2 aromatic rings. The number of nitrogens with one attached hydrogen (secondary N) is 1. The average molecular weight is 358 g/mol. The van der Waals surface area contributed by atoms with Gasteiger partial charge in [-0.15, -0.1) is 5.10 Å². The maximum Gasteiger partial charge on any atom is 0.322 e. The van der Waals surface area contributed by atoms with Crippen LogP contribution in [0.2, 0.25) is 0 Å². The van der Waals surface area contributed by atoms with Crippen LogP contribution in [0, 0.1) is 0 Å². The van der Waals surface area contributed by atoms with Crippen LogP contribution in [0.5, 0.6) is 5.75 Å². The Morgan fingerprint density at radius 1 is 1.35 bits per heavy atom. The van der Waals surface area contributed by atoms with Crippen LogP contribution in [0.15, 0.2) is 23.0 Å². The van der Waals surface area contributed by atoms with Gasteiger partial charge in [0.15, 0.2) is 5.65 Å². The highest BCUT2D eigenvalue weighted by Crippen LogP contribution is 2.31. The maximum absolute atomic E-state index is 12.4. The fourth-order valence-corrected chi connectivity index (χ4v) is 3.03. The molecule has 0 saturated carbocycles. The summed E-state index contributed by atoms with van der Waals surface area (Å²) in [5.41, 5.74) is -0.464. The lowest BCUT2D eigenvalue weighted by Crippen LogP contribution is -2.35. The van der Waals surface area contributed by atoms with E-state index < -0.39 is 35.3 Å². The van der Waals surface area contributed by atoms with Crippen LogP contribution >= 0.6 is 0 Å². The monoisotopic (exact) mass is 358 g/mol. The number of nitrogens with zero attached hydrogens (tertiary/aromatic N) is 3. The quantitative estimate of drug-likeness (QED) is 0.684. The Bertz CT molecular complexity index is 979. The minimum atomic E-state index is -1.26. The molecule has 0 spiro atoms. The number of amides is 1. The summed E-state index contributed by atoms with van der Waals surface area (Å²) in [5, 5.41) is 29.7. The van der Waals surface area contributed by atoms with Gasteiger partial charge in [-0.25, -0.2) is 0 Å². The minimum absolute atomic E-state index is 0.150. The first-order chi connectivity index (χ1) is 12.4. The van der Waals surface area contributed by atoms with Gasteiger partial charge in [-0.05, 0) is 25.3 Å². The smallest absolute Gasteiger partial charge is 0.322 e. The molecular weight excluding hydrogens is 340 g/mol. The predicted molar refractivity (Wildman–Crippen MR) is 92.1 cm³/mol. The second kappa shape index (κ2) is 6.95. The van der Waals surface area contributed by atoms with Crippen LogP contribution in [-0.4, -0.2) is 43.4 Å². The SMILES string of the molecule is Cn1c(=O)c(C(=O)NCC(=O)O)c(O)c2cc(C3CC=CCC3)nnc21. The maximum atomic E-state index is 12.4. The van der Waals surface area contributed by atoms with Gasteiger partial charge < -0.3 is 15.5 Å². The fraction of sp³-hybridized carbons (Fsp3) is 0.353. The molecule has 9 nitrogen and oxygen atoms in total. The van der Waals surface area contributed by atoms with E-state index in [2.05, 4.69) is 27.7 Å². The van der Waals surface area contributed by atoms with Gasteiger partial charge in [0.05, 0.1) is 11.1 Å². The zero-order valence-electron chi connectivity index (χ0n) is 14.1. The fourth-order valence-electron chi connectivity index (χ4n) is 3.03. The lowest BCUT2D eigenvalue weighted by atomic mass is 9.91. The number of carboxylic acids is 1. The molecule has 1 aliphatic carbocycles. The van der Waals surface area contributed by atoms with Crippen molar-refractivity contribution in [3.63, 3.8) is 0 Å². The first kappa shape index (κ1) is 17.6. The molecule has 2 aromatic heterocycles. The van der Waals surface area contributed by atoms with Crippen molar-refractivity contribution >= 4 is 22.9 Å². The molecule has 3 N–H and O–H groups in total. The van der Waals surface area contributed by atoms with Crippen LogP contribution in [-0.2, 0) is 11.8 Å². The van der Waals surface area contributed by atoms with Gasteiger partial charge in [0, 0.05) is 13.0 Å². The van der Waals surface area contributed by atoms with Crippen LogP contribution in [0.3, 0.4) is 0 Å². The number of allylic oxidation sites excluding steroid dienone is 2. The molecule has 2 heterocycles. The number of rotatable bonds is 4. The van der Waals surface area contributed by atoms with Crippen molar-refractivity contribution in [3.8, 4) is 5.75 Å². The van der Waals surface area contributed by atoms with Crippen LogP contribution in [0.1, 0.15) is 41.2 Å². The van der Waals surface area contributed by atoms with Crippen LogP contribution in [0.4, 0.5) is 0 Å². The highest BCUT2D eigenvalue weighted by atomic mass is 16.4. The molecule has 0 aliphatic heterocycles. The topological polar surface area (TPSA) is 134 Å². The molecule has 1 atom stereocenters. The zero-order valence-corrected chi connectivity index (χ0v) is 14.1. The standard InChI is InChI=1S/C17H18N4O5/c1-21-15-10(7-11(19-20-15)9-5-3-2-4-6-9)14(24)13(17(21)26)16(25)18-8-12(22)23/h2-3,7,9,24H,4-6,8H2,1H3,(H,18,25)(H,22,23). The summed E-state index contributed by atoms with van der Waals surface area (Å²) in [7, 11) is 1.41. The number of carboxylic acid groups (broad SMARTS) is 1. The molecule has 136 valence electrons. The summed E-state index contributed by atoms with van der Waals surface area (Å²) in [6, 6.07) is 1.63. The van der Waals surface area contributed by atoms with E-state index in [1.165, 1.54) is 7.05 Å². The third-order valence-electron chi connectivity index (χ3n) is 4.44. The average Bonchev–Trinajstić information content (AvgIpc) is 2.65. The highest BCUT2D eigenvalue weighted by Gasteiger charge is 2.24.